The van der Waals surface area contributed by atoms with Crippen molar-refractivity contribution in [2.75, 3.05) is 77.5 Å². The van der Waals surface area contributed by atoms with Crippen LogP contribution in [0.5, 0.6) is 5.75 Å². The Bertz CT molecular complexity index is 1900. The Kier molecular flexibility index (Phi) is 32.1. The fourth-order valence-corrected chi connectivity index (χ4v) is 6.94. The molecule has 19 nitrogen and oxygen atoms in total. The summed E-state index contributed by atoms with van der Waals surface area (Å²) in [5.41, 5.74) is -2.23. The van der Waals surface area contributed by atoms with E-state index < -0.39 is 107 Å². The van der Waals surface area contributed by atoms with Crippen molar-refractivity contribution in [3.63, 3.8) is 0 Å². The first kappa shape index (κ1) is 67.2. The van der Waals surface area contributed by atoms with E-state index in [2.05, 4.69) is 26.0 Å². The summed E-state index contributed by atoms with van der Waals surface area (Å²) in [7, 11) is 0. The fraction of sp³-hybridized carbons (Fsp3) is 0.735. The number of hydrogen-bond acceptors (Lipinski definition) is 16. The number of nitrogens with one attached hydrogen (secondary N) is 4. The Balaban J connectivity index is 2.19. The quantitative estimate of drug-likeness (QED) is 0.0110. The molecule has 4 N–H and O–H groups in total. The van der Waals surface area contributed by atoms with Crippen LogP contribution in [0.15, 0.2) is 0 Å². The van der Waals surface area contributed by atoms with Gasteiger partial charge in [0.25, 0.3) is 0 Å². The molecule has 0 radical (unpaired) electrons. The molecule has 1 rings (SSSR count). The average Bonchev–Trinajstić information content (AvgIpc) is 3.28. The molecule has 0 bridgehead atoms. The third-order valence-electron chi connectivity index (χ3n) is 9.20. The van der Waals surface area contributed by atoms with E-state index in [9.17, 15) is 55.5 Å². The molecule has 424 valence electrons. The number of amides is 4. The van der Waals surface area contributed by atoms with Crippen molar-refractivity contribution in [1.29, 1.82) is 0 Å². The summed E-state index contributed by atoms with van der Waals surface area (Å²) in [6, 6.07) is -1.87. The number of thioether (sulfide) groups is 1. The molecule has 2 atom stereocenters. The number of esters is 3. The summed E-state index contributed by atoms with van der Waals surface area (Å²) >= 11 is 1.52. The number of carbonyl (C=O) groups excluding carboxylic acids is 7. The topological polar surface area (TPSA) is 241 Å². The van der Waals surface area contributed by atoms with E-state index in [1.165, 1.54) is 11.8 Å². The Morgan fingerprint density at radius 1 is 0.486 bits per heavy atom. The number of ether oxygens (including phenoxy) is 8. The average molecular weight is 1090 g/mol. The van der Waals surface area contributed by atoms with E-state index >= 15 is 0 Å². The lowest BCUT2D eigenvalue weighted by Crippen LogP contribution is -2.47. The number of benzene rings is 1. The van der Waals surface area contributed by atoms with Gasteiger partial charge in [0.15, 0.2) is 0 Å². The van der Waals surface area contributed by atoms with Gasteiger partial charge in [0.2, 0.25) is 52.6 Å². The lowest BCUT2D eigenvalue weighted by atomic mass is 10.1. The molecule has 0 saturated carbocycles. The Morgan fingerprint density at radius 3 is 1.50 bits per heavy atom. The SMILES string of the molecule is CC(C)(C)OC(=O)NC(CSCCCCCCCC(=O)NC(CCC(=O)NCCCOCCOCCOCCCNC(=O)COCC(=O)Oc1c(F)c(F)c(F)c(F)c1F)C(=O)OC(C)(C)C)C(=O)OC(C)(C)C. The van der Waals surface area contributed by atoms with Crippen molar-refractivity contribution < 1.29 is 93.4 Å². The minimum Gasteiger partial charge on any atom is -0.458 e. The van der Waals surface area contributed by atoms with Crippen molar-refractivity contribution in [1.82, 2.24) is 21.3 Å². The van der Waals surface area contributed by atoms with E-state index in [1.54, 1.807) is 62.3 Å². The van der Waals surface area contributed by atoms with Crippen molar-refractivity contribution in [3.05, 3.63) is 29.1 Å². The number of unbranched alkanes of at least 4 members (excludes halogenated alkanes) is 4. The summed E-state index contributed by atoms with van der Waals surface area (Å²) in [5, 5.41) is 10.6. The van der Waals surface area contributed by atoms with E-state index in [1.807, 2.05) is 0 Å². The molecule has 0 spiro atoms. The third-order valence-corrected chi connectivity index (χ3v) is 10.4. The van der Waals surface area contributed by atoms with E-state index in [0.717, 1.165) is 31.4 Å². The van der Waals surface area contributed by atoms with Crippen LogP contribution in [-0.4, -0.2) is 148 Å². The Hall–Kier alpha value is -4.85. The zero-order valence-corrected chi connectivity index (χ0v) is 44.9. The maximum Gasteiger partial charge on any atom is 0.408 e. The molecule has 25 heteroatoms. The minimum absolute atomic E-state index is 0.0216. The summed E-state index contributed by atoms with van der Waals surface area (Å²) in [5.74, 6) is -16.3. The molecule has 74 heavy (non-hydrogen) atoms. The molecule has 1 aromatic carbocycles. The van der Waals surface area contributed by atoms with Gasteiger partial charge >= 0.3 is 24.0 Å². The van der Waals surface area contributed by atoms with Crippen molar-refractivity contribution in [2.45, 2.75) is 155 Å². The lowest BCUT2D eigenvalue weighted by molar-refractivity contribution is -0.159. The van der Waals surface area contributed by atoms with Gasteiger partial charge < -0.3 is 59.2 Å². The van der Waals surface area contributed by atoms with Crippen LogP contribution in [0.1, 0.15) is 127 Å². The molecule has 0 saturated heterocycles. The summed E-state index contributed by atoms with van der Waals surface area (Å²) < 4.78 is 108. The lowest BCUT2D eigenvalue weighted by Gasteiger charge is -2.26. The molecule has 0 aliphatic carbocycles. The van der Waals surface area contributed by atoms with E-state index in [0.29, 0.717) is 44.8 Å². The standard InChI is InChI=1S/C49H77F5N4O15S/c1-47(2,3)71-44(63)32(57-35(60)17-13-11-10-12-14-28-74-31-33(45(64)72-48(4,5)6)58-46(65)73-49(7,8)9)18-19-34(59)55-20-15-22-66-24-26-68-27-25-67-23-16-21-56-36(61)29-69-30-37(62)70-43-41(53)39(51)38(50)40(52)42(43)54/h32-33H,10-31H2,1-9H3,(H,55,59)(H,56,61)(H,57,60)(H,58,65). The van der Waals surface area contributed by atoms with Crippen LogP contribution in [0, 0.1) is 29.1 Å². The highest BCUT2D eigenvalue weighted by molar-refractivity contribution is 7.99. The van der Waals surface area contributed by atoms with Gasteiger partial charge in [-0.3, -0.25) is 14.4 Å². The molecule has 0 aliphatic rings. The van der Waals surface area contributed by atoms with Gasteiger partial charge in [0.1, 0.15) is 42.1 Å². The Morgan fingerprint density at radius 2 is 0.959 bits per heavy atom. The van der Waals surface area contributed by atoms with Crippen LogP contribution in [0.25, 0.3) is 0 Å². The van der Waals surface area contributed by atoms with Crippen molar-refractivity contribution in [2.24, 2.45) is 0 Å². The predicted molar refractivity (Wildman–Crippen MR) is 261 cm³/mol. The fourth-order valence-electron chi connectivity index (χ4n) is 5.91. The second kappa shape index (κ2) is 35.4. The van der Waals surface area contributed by atoms with Crippen molar-refractivity contribution in [3.8, 4) is 5.75 Å². The minimum atomic E-state index is -2.41. The van der Waals surface area contributed by atoms with Gasteiger partial charge in [-0.1, -0.05) is 19.3 Å². The second-order valence-corrected chi connectivity index (χ2v) is 20.8. The van der Waals surface area contributed by atoms with Crippen LogP contribution >= 0.6 is 11.8 Å². The highest BCUT2D eigenvalue weighted by Gasteiger charge is 2.31. The molecule has 0 aromatic heterocycles. The van der Waals surface area contributed by atoms with Crippen LogP contribution in [0.4, 0.5) is 26.7 Å². The van der Waals surface area contributed by atoms with Crippen molar-refractivity contribution >= 4 is 53.5 Å². The van der Waals surface area contributed by atoms with Gasteiger partial charge in [-0.2, -0.15) is 20.5 Å². The molecule has 1 aromatic rings. The molecule has 4 amide bonds. The number of hydrogen-bond donors (Lipinski definition) is 4. The van der Waals surface area contributed by atoms with Crippen LogP contribution in [-0.2, 0) is 61.9 Å². The number of alkyl carbamates (subject to hydrolysis) is 1. The van der Waals surface area contributed by atoms with Gasteiger partial charge in [-0.15, -0.1) is 0 Å². The molecule has 0 heterocycles. The third kappa shape index (κ3) is 32.5. The number of rotatable bonds is 36. The normalized spacial score (nSPS) is 12.6. The first-order valence-electron chi connectivity index (χ1n) is 24.5. The zero-order valence-electron chi connectivity index (χ0n) is 44.1. The molecular formula is C49H77F5N4O15S. The number of halogens is 5. The summed E-state index contributed by atoms with van der Waals surface area (Å²) in [6.07, 6.45) is 4.48. The van der Waals surface area contributed by atoms with E-state index in [4.69, 9.17) is 33.2 Å². The molecule has 2 unspecified atom stereocenters. The zero-order chi connectivity index (χ0) is 55.9. The molecular weight excluding hydrogens is 1010 g/mol. The molecule has 0 aliphatic heterocycles. The van der Waals surface area contributed by atoms with Crippen LogP contribution in [0.3, 0.4) is 0 Å². The highest BCUT2D eigenvalue weighted by atomic mass is 32.2. The van der Waals surface area contributed by atoms with Gasteiger partial charge in [0, 0.05) is 44.9 Å². The van der Waals surface area contributed by atoms with Gasteiger partial charge in [0.05, 0.1) is 26.4 Å². The maximum atomic E-state index is 13.6. The van der Waals surface area contributed by atoms with Gasteiger partial charge in [-0.25, -0.2) is 32.3 Å². The Labute approximate surface area is 434 Å². The maximum absolute atomic E-state index is 13.6. The monoisotopic (exact) mass is 1090 g/mol. The van der Waals surface area contributed by atoms with E-state index in [-0.39, 0.29) is 64.0 Å². The van der Waals surface area contributed by atoms with Crippen LogP contribution < -0.4 is 26.0 Å². The largest absolute Gasteiger partial charge is 0.458 e. The predicted octanol–water partition coefficient (Wildman–Crippen LogP) is 6.28. The smallest absolute Gasteiger partial charge is 0.408 e. The summed E-state index contributed by atoms with van der Waals surface area (Å²) in [6.45, 7) is 16.2. The summed E-state index contributed by atoms with van der Waals surface area (Å²) in [4.78, 5) is 87.1. The first-order chi connectivity index (χ1) is 34.6. The first-order valence-corrected chi connectivity index (χ1v) is 25.6. The highest BCUT2D eigenvalue weighted by Crippen LogP contribution is 2.29. The molecule has 0 fully saturated rings. The second-order valence-electron chi connectivity index (χ2n) is 19.6. The van der Waals surface area contributed by atoms with Gasteiger partial charge in [-0.05, 0) is 100 Å². The van der Waals surface area contributed by atoms with Crippen LogP contribution in [0.2, 0.25) is 0 Å². The number of carbonyl (C=O) groups is 7.